The van der Waals surface area contributed by atoms with Crippen molar-refractivity contribution in [2.75, 3.05) is 5.75 Å². The highest BCUT2D eigenvalue weighted by atomic mass is 32.2. The second-order valence-electron chi connectivity index (χ2n) is 4.24. The summed E-state index contributed by atoms with van der Waals surface area (Å²) in [6, 6.07) is 3.32. The Morgan fingerprint density at radius 2 is 1.95 bits per heavy atom. The van der Waals surface area contributed by atoms with Crippen LogP contribution in [0.1, 0.15) is 15.9 Å². The Kier molecular flexibility index (Phi) is 5.47. The molecule has 0 aliphatic carbocycles. The Bertz CT molecular complexity index is 658. The van der Waals surface area contributed by atoms with Crippen LogP contribution in [0.5, 0.6) is 5.75 Å². The molecule has 0 aliphatic heterocycles. The van der Waals surface area contributed by atoms with Gasteiger partial charge in [-0.2, -0.15) is 21.6 Å². The summed E-state index contributed by atoms with van der Waals surface area (Å²) in [7, 11) is 0.250. The molecule has 0 saturated carbocycles. The standard InChI is InChI=1S/C11H10BF3O6S/c12-4-6-1-2-7(8(16)3-6)10(17)21-9(11(13,14)15)5-22(18,19)20/h1-3,9,16H,4-5H2,(H,18,19,20). The van der Waals surface area contributed by atoms with E-state index in [0.29, 0.717) is 5.56 Å². The molecule has 1 aromatic carbocycles. The van der Waals surface area contributed by atoms with Crippen molar-refractivity contribution in [1.29, 1.82) is 0 Å². The second kappa shape index (κ2) is 6.57. The molecule has 2 radical (unpaired) electrons. The van der Waals surface area contributed by atoms with Gasteiger partial charge in [0.05, 0.1) is 7.85 Å². The van der Waals surface area contributed by atoms with Gasteiger partial charge in [-0.3, -0.25) is 4.55 Å². The van der Waals surface area contributed by atoms with E-state index in [2.05, 4.69) is 4.74 Å². The minimum absolute atomic E-state index is 0.0246. The van der Waals surface area contributed by atoms with Gasteiger partial charge in [0.15, 0.2) is 0 Å². The van der Waals surface area contributed by atoms with Gasteiger partial charge in [-0.1, -0.05) is 17.9 Å². The fourth-order valence-electron chi connectivity index (χ4n) is 1.46. The van der Waals surface area contributed by atoms with E-state index in [4.69, 9.17) is 12.4 Å². The quantitative estimate of drug-likeness (QED) is 0.473. The molecule has 1 rings (SSSR count). The molecule has 22 heavy (non-hydrogen) atoms. The van der Waals surface area contributed by atoms with E-state index >= 15 is 0 Å². The largest absolute Gasteiger partial charge is 0.507 e. The molecule has 1 unspecified atom stereocenters. The van der Waals surface area contributed by atoms with Crippen LogP contribution in [0.25, 0.3) is 0 Å². The van der Waals surface area contributed by atoms with Gasteiger partial charge in [-0.25, -0.2) is 4.79 Å². The van der Waals surface area contributed by atoms with Crippen LogP contribution in [0.2, 0.25) is 0 Å². The van der Waals surface area contributed by atoms with Crippen molar-refractivity contribution in [2.45, 2.75) is 18.6 Å². The summed E-state index contributed by atoms with van der Waals surface area (Å²) in [5, 5.41) is 9.54. The van der Waals surface area contributed by atoms with Crippen LogP contribution in [-0.2, 0) is 21.2 Å². The highest BCUT2D eigenvalue weighted by molar-refractivity contribution is 7.85. The second-order valence-corrected chi connectivity index (χ2v) is 5.74. The van der Waals surface area contributed by atoms with Crippen LogP contribution in [0.15, 0.2) is 18.2 Å². The van der Waals surface area contributed by atoms with E-state index in [0.717, 1.165) is 12.1 Å². The van der Waals surface area contributed by atoms with E-state index in [1.165, 1.54) is 6.07 Å². The fourth-order valence-corrected chi connectivity index (χ4v) is 2.10. The monoisotopic (exact) mass is 338 g/mol. The molecule has 1 aromatic rings. The Hall–Kier alpha value is -1.75. The van der Waals surface area contributed by atoms with Crippen molar-refractivity contribution in [3.05, 3.63) is 29.3 Å². The van der Waals surface area contributed by atoms with Crippen molar-refractivity contribution >= 4 is 23.9 Å². The van der Waals surface area contributed by atoms with E-state index in [9.17, 15) is 31.5 Å². The minimum Gasteiger partial charge on any atom is -0.507 e. The molecule has 0 aliphatic rings. The number of phenols is 1. The highest BCUT2D eigenvalue weighted by Gasteiger charge is 2.45. The maximum atomic E-state index is 12.6. The number of esters is 1. The van der Waals surface area contributed by atoms with Gasteiger partial charge in [0.1, 0.15) is 17.1 Å². The summed E-state index contributed by atoms with van der Waals surface area (Å²) >= 11 is 0. The number of alkyl halides is 3. The third-order valence-electron chi connectivity index (χ3n) is 2.49. The van der Waals surface area contributed by atoms with E-state index < -0.39 is 45.4 Å². The molecular weight excluding hydrogens is 328 g/mol. The topological polar surface area (TPSA) is 101 Å². The molecule has 1 atom stereocenters. The van der Waals surface area contributed by atoms with E-state index in [1.807, 2.05) is 0 Å². The first kappa shape index (κ1) is 18.3. The highest BCUT2D eigenvalue weighted by Crippen LogP contribution is 2.27. The first-order valence-corrected chi connectivity index (χ1v) is 7.30. The molecule has 11 heteroatoms. The summed E-state index contributed by atoms with van der Waals surface area (Å²) in [6.07, 6.45) is -8.25. The zero-order valence-electron chi connectivity index (χ0n) is 10.9. The van der Waals surface area contributed by atoms with Gasteiger partial charge in [0.25, 0.3) is 10.1 Å². The van der Waals surface area contributed by atoms with Gasteiger partial charge < -0.3 is 9.84 Å². The lowest BCUT2D eigenvalue weighted by molar-refractivity contribution is -0.197. The Morgan fingerprint density at radius 3 is 2.36 bits per heavy atom. The van der Waals surface area contributed by atoms with Gasteiger partial charge >= 0.3 is 12.1 Å². The van der Waals surface area contributed by atoms with E-state index in [-0.39, 0.29) is 6.32 Å². The predicted octanol–water partition coefficient (Wildman–Crippen LogP) is 1.04. The number of rotatable bonds is 5. The number of halogens is 3. The molecule has 0 bridgehead atoms. The Morgan fingerprint density at radius 1 is 1.36 bits per heavy atom. The SMILES string of the molecule is [B]Cc1ccc(C(=O)OC(CS(=O)(=O)O)C(F)(F)F)c(O)c1. The first-order valence-electron chi connectivity index (χ1n) is 5.69. The molecule has 2 N–H and O–H groups in total. The lowest BCUT2D eigenvalue weighted by atomic mass is 9.96. The minimum atomic E-state index is -5.21. The number of carbonyl (C=O) groups excluding carboxylic acids is 1. The van der Waals surface area contributed by atoms with Crippen LogP contribution >= 0.6 is 0 Å². The van der Waals surface area contributed by atoms with Crippen LogP contribution in [0.3, 0.4) is 0 Å². The van der Waals surface area contributed by atoms with Gasteiger partial charge in [-0.05, 0) is 12.1 Å². The third-order valence-corrected chi connectivity index (χ3v) is 3.22. The average molecular weight is 338 g/mol. The number of hydrogen-bond donors (Lipinski definition) is 2. The number of aromatic hydroxyl groups is 1. The zero-order valence-corrected chi connectivity index (χ0v) is 11.7. The lowest BCUT2D eigenvalue weighted by Crippen LogP contribution is -2.39. The summed E-state index contributed by atoms with van der Waals surface area (Å²) in [6.45, 7) is 0. The Balaban J connectivity index is 3.01. The number of ether oxygens (including phenoxy) is 1. The van der Waals surface area contributed by atoms with Crippen LogP contribution in [-0.4, -0.2) is 49.9 Å². The third kappa shape index (κ3) is 5.22. The molecule has 120 valence electrons. The maximum absolute atomic E-state index is 12.6. The lowest BCUT2D eigenvalue weighted by Gasteiger charge is -2.19. The first-order chi connectivity index (χ1) is 9.94. The molecule has 6 nitrogen and oxygen atoms in total. The number of carbonyl (C=O) groups is 1. The molecule has 0 spiro atoms. The summed E-state index contributed by atoms with van der Waals surface area (Å²) in [4.78, 5) is 11.6. The van der Waals surface area contributed by atoms with Crippen molar-refractivity contribution in [3.8, 4) is 5.75 Å². The fraction of sp³-hybridized carbons (Fsp3) is 0.364. The summed E-state index contributed by atoms with van der Waals surface area (Å²) in [5.74, 6) is -4.10. The van der Waals surface area contributed by atoms with Crippen molar-refractivity contribution in [3.63, 3.8) is 0 Å². The van der Waals surface area contributed by atoms with Crippen LogP contribution < -0.4 is 0 Å². The van der Waals surface area contributed by atoms with Crippen molar-refractivity contribution < 1.29 is 40.8 Å². The average Bonchev–Trinajstić information content (AvgIpc) is 2.34. The zero-order chi connectivity index (χ0) is 17.1. The van der Waals surface area contributed by atoms with Crippen LogP contribution in [0.4, 0.5) is 13.2 Å². The number of benzene rings is 1. The van der Waals surface area contributed by atoms with Gasteiger partial charge in [0, 0.05) is 0 Å². The Labute approximate surface area is 125 Å². The normalized spacial score (nSPS) is 13.6. The summed E-state index contributed by atoms with van der Waals surface area (Å²) < 4.78 is 71.5. The van der Waals surface area contributed by atoms with E-state index in [1.54, 1.807) is 0 Å². The maximum Gasteiger partial charge on any atom is 0.426 e. The molecule has 0 saturated heterocycles. The smallest absolute Gasteiger partial charge is 0.426 e. The molecule has 0 fully saturated rings. The van der Waals surface area contributed by atoms with Crippen molar-refractivity contribution in [2.24, 2.45) is 0 Å². The molecule has 0 amide bonds. The summed E-state index contributed by atoms with van der Waals surface area (Å²) in [5.41, 5.74) is -0.179. The van der Waals surface area contributed by atoms with Gasteiger partial charge in [-0.15, -0.1) is 0 Å². The molecule has 0 heterocycles. The van der Waals surface area contributed by atoms with Crippen LogP contribution in [0, 0.1) is 0 Å². The number of hydrogen-bond acceptors (Lipinski definition) is 5. The van der Waals surface area contributed by atoms with Gasteiger partial charge in [0.2, 0.25) is 6.10 Å². The van der Waals surface area contributed by atoms with Crippen molar-refractivity contribution in [1.82, 2.24) is 0 Å². The predicted molar refractivity (Wildman–Crippen MR) is 69.2 cm³/mol. The molecular formula is C11H10BF3O6S. The molecule has 0 aromatic heterocycles. The number of phenolic OH excluding ortho intramolecular Hbond substituents is 1.